The van der Waals surface area contributed by atoms with Gasteiger partial charge in [0.25, 0.3) is 0 Å². The number of hydrogen-bond acceptors (Lipinski definition) is 4. The summed E-state index contributed by atoms with van der Waals surface area (Å²) in [6.07, 6.45) is -0.134. The molecule has 0 aliphatic carbocycles. The SMILES string of the molecule is COc1cc(N)ccc1C(=O)OC(C)C(C)C. The molecule has 2 N–H and O–H groups in total. The topological polar surface area (TPSA) is 61.5 Å². The minimum Gasteiger partial charge on any atom is -0.496 e. The van der Waals surface area contributed by atoms with Crippen LogP contribution in [0.4, 0.5) is 5.69 Å². The number of benzene rings is 1. The van der Waals surface area contributed by atoms with Gasteiger partial charge in [0.15, 0.2) is 0 Å². The van der Waals surface area contributed by atoms with Gasteiger partial charge in [-0.05, 0) is 25.0 Å². The third-order valence-electron chi connectivity index (χ3n) is 2.68. The van der Waals surface area contributed by atoms with Crippen molar-refractivity contribution in [2.75, 3.05) is 12.8 Å². The molecule has 0 aromatic heterocycles. The van der Waals surface area contributed by atoms with Crippen LogP contribution >= 0.6 is 0 Å². The van der Waals surface area contributed by atoms with Crippen LogP contribution in [0.15, 0.2) is 18.2 Å². The number of nitrogen functional groups attached to an aromatic ring is 1. The molecule has 1 atom stereocenters. The van der Waals surface area contributed by atoms with Gasteiger partial charge in [0.05, 0.1) is 7.11 Å². The molecule has 1 rings (SSSR count). The molecule has 1 unspecified atom stereocenters. The van der Waals surface area contributed by atoms with Crippen molar-refractivity contribution in [1.29, 1.82) is 0 Å². The molecule has 0 heterocycles. The molecule has 0 aliphatic heterocycles. The lowest BCUT2D eigenvalue weighted by Gasteiger charge is -2.17. The number of anilines is 1. The van der Waals surface area contributed by atoms with E-state index < -0.39 is 0 Å². The fraction of sp³-hybridized carbons (Fsp3) is 0.462. The molecule has 1 aromatic rings. The van der Waals surface area contributed by atoms with Crippen LogP contribution in [0.2, 0.25) is 0 Å². The van der Waals surface area contributed by atoms with Crippen LogP contribution in [0.1, 0.15) is 31.1 Å². The maximum Gasteiger partial charge on any atom is 0.342 e. The van der Waals surface area contributed by atoms with Gasteiger partial charge in [-0.2, -0.15) is 0 Å². The highest BCUT2D eigenvalue weighted by atomic mass is 16.5. The van der Waals surface area contributed by atoms with E-state index >= 15 is 0 Å². The van der Waals surface area contributed by atoms with Crippen LogP contribution in [0.3, 0.4) is 0 Å². The number of carbonyl (C=O) groups excluding carboxylic acids is 1. The lowest BCUT2D eigenvalue weighted by Crippen LogP contribution is -2.20. The first-order valence-corrected chi connectivity index (χ1v) is 5.60. The fourth-order valence-corrected chi connectivity index (χ4v) is 1.24. The number of esters is 1. The minimum atomic E-state index is -0.386. The van der Waals surface area contributed by atoms with Crippen LogP contribution in [-0.4, -0.2) is 19.2 Å². The van der Waals surface area contributed by atoms with Gasteiger partial charge in [0.2, 0.25) is 0 Å². The molecule has 17 heavy (non-hydrogen) atoms. The number of ether oxygens (including phenoxy) is 2. The Hall–Kier alpha value is -1.71. The molecule has 4 nitrogen and oxygen atoms in total. The van der Waals surface area contributed by atoms with Crippen molar-refractivity contribution < 1.29 is 14.3 Å². The third-order valence-corrected chi connectivity index (χ3v) is 2.68. The molecule has 0 amide bonds. The second-order valence-corrected chi connectivity index (χ2v) is 4.31. The Morgan fingerprint density at radius 3 is 2.47 bits per heavy atom. The maximum absolute atomic E-state index is 11.9. The van der Waals surface area contributed by atoms with Gasteiger partial charge >= 0.3 is 5.97 Å². The molecule has 0 spiro atoms. The summed E-state index contributed by atoms with van der Waals surface area (Å²) in [4.78, 5) is 11.9. The smallest absolute Gasteiger partial charge is 0.342 e. The van der Waals surface area contributed by atoms with E-state index in [1.807, 2.05) is 20.8 Å². The molecule has 1 aromatic carbocycles. The molecule has 0 saturated carbocycles. The van der Waals surface area contributed by atoms with Gasteiger partial charge in [-0.1, -0.05) is 13.8 Å². The summed E-state index contributed by atoms with van der Waals surface area (Å²) < 4.78 is 10.4. The summed E-state index contributed by atoms with van der Waals surface area (Å²) in [5.41, 5.74) is 6.57. The van der Waals surface area contributed by atoms with Gasteiger partial charge in [0.1, 0.15) is 17.4 Å². The Morgan fingerprint density at radius 2 is 1.94 bits per heavy atom. The Kier molecular flexibility index (Phi) is 4.37. The normalized spacial score (nSPS) is 12.3. The number of rotatable bonds is 4. The van der Waals surface area contributed by atoms with E-state index in [1.54, 1.807) is 18.2 Å². The zero-order valence-electron chi connectivity index (χ0n) is 10.7. The molecule has 0 saturated heterocycles. The van der Waals surface area contributed by atoms with Crippen LogP contribution in [-0.2, 0) is 4.74 Å². The van der Waals surface area contributed by atoms with E-state index in [-0.39, 0.29) is 18.0 Å². The molecule has 0 fully saturated rings. The summed E-state index contributed by atoms with van der Waals surface area (Å²) in [5, 5.41) is 0. The third kappa shape index (κ3) is 3.37. The van der Waals surface area contributed by atoms with E-state index in [4.69, 9.17) is 15.2 Å². The zero-order chi connectivity index (χ0) is 13.0. The van der Waals surface area contributed by atoms with E-state index in [1.165, 1.54) is 7.11 Å². The first kappa shape index (κ1) is 13.4. The highest BCUT2D eigenvalue weighted by Gasteiger charge is 2.18. The fourth-order valence-electron chi connectivity index (χ4n) is 1.24. The van der Waals surface area contributed by atoms with Crippen molar-refractivity contribution in [2.45, 2.75) is 26.9 Å². The monoisotopic (exact) mass is 237 g/mol. The molecule has 94 valence electrons. The standard InChI is InChI=1S/C13H19NO3/c1-8(2)9(3)17-13(15)11-6-5-10(14)7-12(11)16-4/h5-9H,14H2,1-4H3. The lowest BCUT2D eigenvalue weighted by molar-refractivity contribution is 0.0235. The van der Waals surface area contributed by atoms with Gasteiger partial charge in [-0.15, -0.1) is 0 Å². The zero-order valence-corrected chi connectivity index (χ0v) is 10.7. The number of carbonyl (C=O) groups is 1. The minimum absolute atomic E-state index is 0.134. The van der Waals surface area contributed by atoms with Crippen LogP contribution in [0, 0.1) is 5.92 Å². The largest absolute Gasteiger partial charge is 0.496 e. The van der Waals surface area contributed by atoms with Crippen molar-refractivity contribution in [3.8, 4) is 5.75 Å². The highest BCUT2D eigenvalue weighted by Crippen LogP contribution is 2.23. The molecular weight excluding hydrogens is 218 g/mol. The number of nitrogens with two attached hydrogens (primary N) is 1. The summed E-state index contributed by atoms with van der Waals surface area (Å²) in [7, 11) is 1.50. The first-order valence-electron chi connectivity index (χ1n) is 5.60. The van der Waals surface area contributed by atoms with Crippen molar-refractivity contribution in [2.24, 2.45) is 5.92 Å². The Morgan fingerprint density at radius 1 is 1.29 bits per heavy atom. The lowest BCUT2D eigenvalue weighted by atomic mass is 10.1. The molecule has 0 aliphatic rings. The Labute approximate surface area is 102 Å². The van der Waals surface area contributed by atoms with E-state index in [0.29, 0.717) is 17.0 Å². The van der Waals surface area contributed by atoms with Crippen molar-refractivity contribution in [3.05, 3.63) is 23.8 Å². The number of methoxy groups -OCH3 is 1. The highest BCUT2D eigenvalue weighted by molar-refractivity contribution is 5.93. The summed E-state index contributed by atoms with van der Waals surface area (Å²) in [6, 6.07) is 4.87. The summed E-state index contributed by atoms with van der Waals surface area (Å²) in [5.74, 6) is 0.327. The Bertz CT molecular complexity index is 402. The van der Waals surface area contributed by atoms with Gasteiger partial charge < -0.3 is 15.2 Å². The second kappa shape index (κ2) is 5.57. The van der Waals surface area contributed by atoms with Crippen LogP contribution in [0.5, 0.6) is 5.75 Å². The summed E-state index contributed by atoms with van der Waals surface area (Å²) >= 11 is 0. The first-order chi connectivity index (χ1) is 7.95. The maximum atomic E-state index is 11.9. The van der Waals surface area contributed by atoms with Crippen molar-refractivity contribution >= 4 is 11.7 Å². The second-order valence-electron chi connectivity index (χ2n) is 4.31. The average molecular weight is 237 g/mol. The molecule has 0 radical (unpaired) electrons. The van der Waals surface area contributed by atoms with Crippen molar-refractivity contribution in [3.63, 3.8) is 0 Å². The summed E-state index contributed by atoms with van der Waals surface area (Å²) in [6.45, 7) is 5.86. The van der Waals surface area contributed by atoms with Gasteiger partial charge in [0, 0.05) is 11.8 Å². The van der Waals surface area contributed by atoms with Gasteiger partial charge in [-0.3, -0.25) is 0 Å². The number of hydrogen-bond donors (Lipinski definition) is 1. The average Bonchev–Trinajstić information content (AvgIpc) is 2.28. The molecule has 0 bridgehead atoms. The van der Waals surface area contributed by atoms with Crippen molar-refractivity contribution in [1.82, 2.24) is 0 Å². The predicted molar refractivity (Wildman–Crippen MR) is 67.1 cm³/mol. The molecule has 4 heteroatoms. The van der Waals surface area contributed by atoms with E-state index in [9.17, 15) is 4.79 Å². The van der Waals surface area contributed by atoms with E-state index in [2.05, 4.69) is 0 Å². The quantitative estimate of drug-likeness (QED) is 0.645. The Balaban J connectivity index is 2.89. The van der Waals surface area contributed by atoms with E-state index in [0.717, 1.165) is 0 Å². The van der Waals surface area contributed by atoms with Gasteiger partial charge in [-0.25, -0.2) is 4.79 Å². The van der Waals surface area contributed by atoms with Crippen LogP contribution < -0.4 is 10.5 Å². The molecular formula is C13H19NO3. The predicted octanol–water partition coefficient (Wildman–Crippen LogP) is 2.48. The van der Waals surface area contributed by atoms with Crippen LogP contribution in [0.25, 0.3) is 0 Å².